The van der Waals surface area contributed by atoms with Gasteiger partial charge in [0.1, 0.15) is 0 Å². The van der Waals surface area contributed by atoms with Crippen molar-refractivity contribution >= 4 is 0 Å². The molecule has 0 spiro atoms. The SMILES string of the molecule is CCC(CO)(CCCN(C)C(C)C1CC1)NC. The van der Waals surface area contributed by atoms with Gasteiger partial charge in [-0.05, 0) is 65.6 Å². The van der Waals surface area contributed by atoms with E-state index in [1.54, 1.807) is 0 Å². The van der Waals surface area contributed by atoms with Crippen LogP contribution in [0.1, 0.15) is 46.0 Å². The fourth-order valence-electron chi connectivity index (χ4n) is 2.56. The van der Waals surface area contributed by atoms with Gasteiger partial charge in [-0.1, -0.05) is 6.92 Å². The van der Waals surface area contributed by atoms with Crippen molar-refractivity contribution in [2.24, 2.45) is 5.92 Å². The van der Waals surface area contributed by atoms with E-state index in [1.165, 1.54) is 12.8 Å². The highest BCUT2D eigenvalue weighted by molar-refractivity contribution is 4.86. The van der Waals surface area contributed by atoms with Gasteiger partial charge >= 0.3 is 0 Å². The summed E-state index contributed by atoms with van der Waals surface area (Å²) in [6.07, 6.45) is 6.03. The topological polar surface area (TPSA) is 35.5 Å². The zero-order chi connectivity index (χ0) is 12.9. The van der Waals surface area contributed by atoms with Crippen molar-refractivity contribution in [3.05, 3.63) is 0 Å². The molecule has 1 fully saturated rings. The predicted octanol–water partition coefficient (Wildman–Crippen LogP) is 1.86. The monoisotopic (exact) mass is 242 g/mol. The number of likely N-dealkylation sites (N-methyl/N-ethyl adjacent to an activating group) is 1. The lowest BCUT2D eigenvalue weighted by Gasteiger charge is -2.32. The Morgan fingerprint density at radius 2 is 2.12 bits per heavy atom. The largest absolute Gasteiger partial charge is 0.394 e. The van der Waals surface area contributed by atoms with Gasteiger partial charge in [0, 0.05) is 11.6 Å². The molecule has 0 bridgehead atoms. The summed E-state index contributed by atoms with van der Waals surface area (Å²) < 4.78 is 0. The molecule has 1 aliphatic carbocycles. The first kappa shape index (κ1) is 14.9. The van der Waals surface area contributed by atoms with Crippen LogP contribution in [0.15, 0.2) is 0 Å². The molecule has 3 nitrogen and oxygen atoms in total. The molecule has 2 unspecified atom stereocenters. The zero-order valence-electron chi connectivity index (χ0n) is 12.0. The van der Waals surface area contributed by atoms with Gasteiger partial charge in [0.15, 0.2) is 0 Å². The molecule has 0 heterocycles. The second-order valence-corrected chi connectivity index (χ2v) is 5.70. The average Bonchev–Trinajstić information content (AvgIpc) is 3.18. The summed E-state index contributed by atoms with van der Waals surface area (Å²) in [5.41, 5.74) is -0.0658. The molecule has 0 aliphatic heterocycles. The van der Waals surface area contributed by atoms with Crippen LogP contribution in [0.3, 0.4) is 0 Å². The van der Waals surface area contributed by atoms with Crippen LogP contribution in [0.25, 0.3) is 0 Å². The van der Waals surface area contributed by atoms with E-state index in [0.29, 0.717) is 0 Å². The van der Waals surface area contributed by atoms with Gasteiger partial charge in [-0.25, -0.2) is 0 Å². The molecular formula is C14H30N2O. The predicted molar refractivity (Wildman–Crippen MR) is 73.2 cm³/mol. The lowest BCUT2D eigenvalue weighted by Crippen LogP contribution is -2.46. The minimum atomic E-state index is -0.0658. The van der Waals surface area contributed by atoms with Gasteiger partial charge < -0.3 is 15.3 Å². The number of aliphatic hydroxyl groups excluding tert-OH is 1. The molecule has 0 aromatic carbocycles. The van der Waals surface area contributed by atoms with E-state index in [2.05, 4.69) is 31.1 Å². The van der Waals surface area contributed by atoms with Crippen LogP contribution in [-0.4, -0.2) is 48.8 Å². The van der Waals surface area contributed by atoms with Crippen molar-refractivity contribution in [2.75, 3.05) is 27.2 Å². The van der Waals surface area contributed by atoms with E-state index < -0.39 is 0 Å². The Balaban J connectivity index is 2.25. The quantitative estimate of drug-likeness (QED) is 0.648. The van der Waals surface area contributed by atoms with Gasteiger partial charge in [-0.2, -0.15) is 0 Å². The first-order chi connectivity index (χ1) is 8.08. The molecule has 1 saturated carbocycles. The third kappa shape index (κ3) is 4.23. The van der Waals surface area contributed by atoms with Crippen molar-refractivity contribution in [2.45, 2.75) is 57.5 Å². The van der Waals surface area contributed by atoms with E-state index in [1.807, 2.05) is 7.05 Å². The molecule has 3 heteroatoms. The van der Waals surface area contributed by atoms with E-state index in [-0.39, 0.29) is 12.1 Å². The number of nitrogens with zero attached hydrogens (tertiary/aromatic N) is 1. The maximum atomic E-state index is 9.47. The number of nitrogens with one attached hydrogen (secondary N) is 1. The lowest BCUT2D eigenvalue weighted by molar-refractivity contribution is 0.143. The second kappa shape index (κ2) is 6.72. The molecule has 1 aliphatic rings. The molecule has 17 heavy (non-hydrogen) atoms. The van der Waals surface area contributed by atoms with Crippen molar-refractivity contribution in [3.63, 3.8) is 0 Å². The Labute approximate surface area is 107 Å². The first-order valence-corrected chi connectivity index (χ1v) is 7.08. The van der Waals surface area contributed by atoms with Crippen molar-refractivity contribution in [1.82, 2.24) is 10.2 Å². The maximum absolute atomic E-state index is 9.47. The van der Waals surface area contributed by atoms with E-state index in [0.717, 1.165) is 37.8 Å². The van der Waals surface area contributed by atoms with E-state index in [4.69, 9.17) is 0 Å². The second-order valence-electron chi connectivity index (χ2n) is 5.70. The van der Waals surface area contributed by atoms with Crippen LogP contribution >= 0.6 is 0 Å². The Bertz CT molecular complexity index is 204. The molecule has 2 N–H and O–H groups in total. The van der Waals surface area contributed by atoms with Gasteiger partial charge in [0.05, 0.1) is 6.61 Å². The molecule has 0 saturated heterocycles. The van der Waals surface area contributed by atoms with E-state index >= 15 is 0 Å². The molecule has 102 valence electrons. The molecular weight excluding hydrogens is 212 g/mol. The summed E-state index contributed by atoms with van der Waals surface area (Å²) >= 11 is 0. The standard InChI is InChI=1S/C14H30N2O/c1-5-14(11-17,15-3)9-6-10-16(4)12(2)13-7-8-13/h12-13,15,17H,5-11H2,1-4H3. The summed E-state index contributed by atoms with van der Waals surface area (Å²) in [6, 6.07) is 0.731. The van der Waals surface area contributed by atoms with Crippen LogP contribution in [-0.2, 0) is 0 Å². The Morgan fingerprint density at radius 1 is 1.47 bits per heavy atom. The molecule has 1 rings (SSSR count). The zero-order valence-corrected chi connectivity index (χ0v) is 12.0. The Hall–Kier alpha value is -0.120. The summed E-state index contributed by atoms with van der Waals surface area (Å²) in [5, 5.41) is 12.8. The minimum Gasteiger partial charge on any atom is -0.394 e. The number of rotatable bonds is 9. The fraction of sp³-hybridized carbons (Fsp3) is 1.00. The third-order valence-electron chi connectivity index (χ3n) is 4.68. The van der Waals surface area contributed by atoms with Gasteiger partial charge in [-0.3, -0.25) is 0 Å². The molecule has 2 atom stereocenters. The van der Waals surface area contributed by atoms with Gasteiger partial charge in [-0.15, -0.1) is 0 Å². The third-order valence-corrected chi connectivity index (χ3v) is 4.68. The van der Waals surface area contributed by atoms with Crippen molar-refractivity contribution in [1.29, 1.82) is 0 Å². The average molecular weight is 242 g/mol. The summed E-state index contributed by atoms with van der Waals surface area (Å²) in [7, 11) is 4.19. The Morgan fingerprint density at radius 3 is 2.53 bits per heavy atom. The van der Waals surface area contributed by atoms with Crippen LogP contribution in [0.2, 0.25) is 0 Å². The highest BCUT2D eigenvalue weighted by Crippen LogP contribution is 2.34. The number of hydrogen-bond donors (Lipinski definition) is 2. The lowest BCUT2D eigenvalue weighted by atomic mass is 9.91. The smallest absolute Gasteiger partial charge is 0.0613 e. The van der Waals surface area contributed by atoms with Crippen LogP contribution in [0.4, 0.5) is 0 Å². The highest BCUT2D eigenvalue weighted by Gasteiger charge is 2.30. The summed E-state index contributed by atoms with van der Waals surface area (Å²) in [5.74, 6) is 0.943. The summed E-state index contributed by atoms with van der Waals surface area (Å²) in [4.78, 5) is 2.48. The van der Waals surface area contributed by atoms with Crippen LogP contribution in [0, 0.1) is 5.92 Å². The van der Waals surface area contributed by atoms with Crippen LogP contribution in [0.5, 0.6) is 0 Å². The number of aliphatic hydroxyl groups is 1. The summed E-state index contributed by atoms with van der Waals surface area (Å²) in [6.45, 7) is 5.86. The number of hydrogen-bond acceptors (Lipinski definition) is 3. The molecule has 0 amide bonds. The molecule has 0 radical (unpaired) electrons. The fourth-order valence-corrected chi connectivity index (χ4v) is 2.56. The van der Waals surface area contributed by atoms with Crippen molar-refractivity contribution < 1.29 is 5.11 Å². The Kier molecular flexibility index (Phi) is 5.90. The van der Waals surface area contributed by atoms with Gasteiger partial charge in [0.25, 0.3) is 0 Å². The van der Waals surface area contributed by atoms with Gasteiger partial charge in [0.2, 0.25) is 0 Å². The van der Waals surface area contributed by atoms with E-state index in [9.17, 15) is 5.11 Å². The highest BCUT2D eigenvalue weighted by atomic mass is 16.3. The van der Waals surface area contributed by atoms with Crippen LogP contribution < -0.4 is 5.32 Å². The molecule has 0 aromatic rings. The maximum Gasteiger partial charge on any atom is 0.0613 e. The normalized spacial score (nSPS) is 21.5. The molecule has 0 aromatic heterocycles. The first-order valence-electron chi connectivity index (χ1n) is 7.08. The van der Waals surface area contributed by atoms with Crippen molar-refractivity contribution in [3.8, 4) is 0 Å². The minimum absolute atomic E-state index is 0.0658.